The van der Waals surface area contributed by atoms with Crippen LogP contribution in [0, 0.1) is 5.92 Å². The van der Waals surface area contributed by atoms with Gasteiger partial charge in [0.25, 0.3) is 0 Å². The Balaban J connectivity index is 2.75. The maximum Gasteiger partial charge on any atom is 0.242 e. The molecule has 1 aromatic heterocycles. The summed E-state index contributed by atoms with van der Waals surface area (Å²) in [7, 11) is 3.49. The van der Waals surface area contributed by atoms with Crippen LogP contribution in [-0.2, 0) is 11.3 Å². The van der Waals surface area contributed by atoms with Crippen molar-refractivity contribution < 1.29 is 4.79 Å². The summed E-state index contributed by atoms with van der Waals surface area (Å²) in [5.41, 5.74) is 7.03. The van der Waals surface area contributed by atoms with E-state index in [9.17, 15) is 4.79 Å². The summed E-state index contributed by atoms with van der Waals surface area (Å²) in [5.74, 6) is 0.568. The highest BCUT2D eigenvalue weighted by Gasteiger charge is 2.15. The van der Waals surface area contributed by atoms with Gasteiger partial charge in [-0.15, -0.1) is 0 Å². The van der Waals surface area contributed by atoms with Crippen molar-refractivity contribution in [3.63, 3.8) is 0 Å². The molecule has 0 saturated carbocycles. The molecule has 1 atom stereocenters. The Hall–Kier alpha value is -1.36. The van der Waals surface area contributed by atoms with E-state index in [-0.39, 0.29) is 11.9 Å². The van der Waals surface area contributed by atoms with Gasteiger partial charge in [-0.25, -0.2) is 4.98 Å². The Kier molecular flexibility index (Phi) is 4.69. The summed E-state index contributed by atoms with van der Waals surface area (Å²) in [6.07, 6.45) is 4.30. The van der Waals surface area contributed by atoms with Crippen molar-refractivity contribution in [3.8, 4) is 0 Å². The Morgan fingerprint density at radius 1 is 1.53 bits per heavy atom. The van der Waals surface area contributed by atoms with Gasteiger partial charge in [-0.2, -0.15) is 0 Å². The molecular weight excluding hydrogens is 216 g/mol. The summed E-state index contributed by atoms with van der Waals surface area (Å²) in [5, 5.41) is 0. The minimum absolute atomic E-state index is 0.0426. The van der Waals surface area contributed by atoms with Crippen LogP contribution in [0.15, 0.2) is 12.5 Å². The number of hydrogen-bond donors (Lipinski definition) is 1. The van der Waals surface area contributed by atoms with E-state index in [1.165, 1.54) is 0 Å². The fraction of sp³-hybridized carbons (Fsp3) is 0.667. The van der Waals surface area contributed by atoms with E-state index >= 15 is 0 Å². The lowest BCUT2D eigenvalue weighted by atomic mass is 10.0. The molecule has 0 aliphatic carbocycles. The van der Waals surface area contributed by atoms with Crippen molar-refractivity contribution in [1.82, 2.24) is 14.5 Å². The average Bonchev–Trinajstić information content (AvgIpc) is 2.64. The lowest BCUT2D eigenvalue weighted by Gasteiger charge is -2.17. The van der Waals surface area contributed by atoms with Crippen LogP contribution >= 0.6 is 0 Å². The lowest BCUT2D eigenvalue weighted by molar-refractivity contribution is -0.129. The number of nitrogens with zero attached hydrogens (tertiary/aromatic N) is 3. The zero-order chi connectivity index (χ0) is 13.0. The highest BCUT2D eigenvalue weighted by atomic mass is 16.2. The first-order valence-electron chi connectivity index (χ1n) is 5.87. The largest absolute Gasteiger partial charge is 0.347 e. The molecule has 1 aromatic rings. The first-order chi connectivity index (χ1) is 7.91. The molecule has 5 heteroatoms. The molecule has 1 heterocycles. The fourth-order valence-corrected chi connectivity index (χ4v) is 1.69. The zero-order valence-corrected chi connectivity index (χ0v) is 11.1. The van der Waals surface area contributed by atoms with Crippen molar-refractivity contribution in [1.29, 1.82) is 0 Å². The van der Waals surface area contributed by atoms with Crippen molar-refractivity contribution in [2.75, 3.05) is 14.1 Å². The molecule has 1 unspecified atom stereocenters. The van der Waals surface area contributed by atoms with E-state index in [4.69, 9.17) is 5.73 Å². The number of amides is 1. The average molecular weight is 238 g/mol. The van der Waals surface area contributed by atoms with E-state index in [1.807, 2.05) is 4.57 Å². The molecule has 0 spiro atoms. The van der Waals surface area contributed by atoms with Crippen LogP contribution in [0.3, 0.4) is 0 Å². The van der Waals surface area contributed by atoms with Gasteiger partial charge in [0, 0.05) is 26.3 Å². The van der Waals surface area contributed by atoms with Crippen LogP contribution in [0.2, 0.25) is 0 Å². The number of hydrogen-bond acceptors (Lipinski definition) is 3. The molecule has 0 saturated heterocycles. The van der Waals surface area contributed by atoms with E-state index in [2.05, 4.69) is 18.8 Å². The molecule has 1 rings (SSSR count). The molecule has 0 aliphatic heterocycles. The van der Waals surface area contributed by atoms with Crippen LogP contribution in [0.5, 0.6) is 0 Å². The minimum Gasteiger partial charge on any atom is -0.347 e. The highest BCUT2D eigenvalue weighted by molar-refractivity contribution is 5.75. The monoisotopic (exact) mass is 238 g/mol. The quantitative estimate of drug-likeness (QED) is 0.833. The van der Waals surface area contributed by atoms with Gasteiger partial charge in [-0.1, -0.05) is 13.8 Å². The highest BCUT2D eigenvalue weighted by Crippen LogP contribution is 2.18. The van der Waals surface area contributed by atoms with Crippen LogP contribution in [0.25, 0.3) is 0 Å². The Morgan fingerprint density at radius 2 is 2.18 bits per heavy atom. The lowest BCUT2D eigenvalue weighted by Crippen LogP contribution is -2.28. The summed E-state index contributed by atoms with van der Waals surface area (Å²) in [6.45, 7) is 4.56. The van der Waals surface area contributed by atoms with Crippen LogP contribution in [0.1, 0.15) is 32.0 Å². The first kappa shape index (κ1) is 13.7. The fourth-order valence-electron chi connectivity index (χ4n) is 1.69. The van der Waals surface area contributed by atoms with Crippen molar-refractivity contribution in [3.05, 3.63) is 18.2 Å². The second kappa shape index (κ2) is 5.82. The van der Waals surface area contributed by atoms with E-state index < -0.39 is 0 Å². The predicted octanol–water partition coefficient (Wildman–Crippen LogP) is 1.02. The molecule has 0 fully saturated rings. The standard InChI is InChI=1S/C12H22N4O/c1-9(2)5-10(13)11-6-14-8-16(11)7-12(17)15(3)4/h6,8-10H,5,7,13H2,1-4H3. The van der Waals surface area contributed by atoms with Gasteiger partial charge in [0.2, 0.25) is 5.91 Å². The number of likely N-dealkylation sites (N-methyl/N-ethyl adjacent to an activating group) is 1. The number of carbonyl (C=O) groups excluding carboxylic acids is 1. The van der Waals surface area contributed by atoms with Crippen molar-refractivity contribution >= 4 is 5.91 Å². The summed E-state index contributed by atoms with van der Waals surface area (Å²) in [4.78, 5) is 17.3. The molecular formula is C12H22N4O. The molecule has 5 nitrogen and oxygen atoms in total. The van der Waals surface area contributed by atoms with Crippen molar-refractivity contribution in [2.45, 2.75) is 32.9 Å². The smallest absolute Gasteiger partial charge is 0.242 e. The molecule has 96 valence electrons. The maximum atomic E-state index is 11.6. The van der Waals surface area contributed by atoms with Gasteiger partial charge in [-0.05, 0) is 12.3 Å². The van der Waals surface area contributed by atoms with Crippen LogP contribution in [-0.4, -0.2) is 34.5 Å². The SMILES string of the molecule is CC(C)CC(N)c1cncn1CC(=O)N(C)C. The number of nitrogens with two attached hydrogens (primary N) is 1. The van der Waals surface area contributed by atoms with Crippen molar-refractivity contribution in [2.24, 2.45) is 11.7 Å². The second-order valence-corrected chi connectivity index (χ2v) is 4.97. The normalized spacial score (nSPS) is 12.8. The van der Waals surface area contributed by atoms with Gasteiger partial charge in [0.15, 0.2) is 0 Å². The molecule has 2 N–H and O–H groups in total. The zero-order valence-electron chi connectivity index (χ0n) is 11.1. The van der Waals surface area contributed by atoms with Gasteiger partial charge in [-0.3, -0.25) is 4.79 Å². The molecule has 0 aromatic carbocycles. The van der Waals surface area contributed by atoms with Crippen LogP contribution in [0.4, 0.5) is 0 Å². The van der Waals surface area contributed by atoms with Gasteiger partial charge in [0.05, 0.1) is 12.0 Å². The Labute approximate surface area is 103 Å². The maximum absolute atomic E-state index is 11.6. The van der Waals surface area contributed by atoms with Crippen LogP contribution < -0.4 is 5.73 Å². The van der Waals surface area contributed by atoms with E-state index in [0.29, 0.717) is 12.5 Å². The number of aromatic nitrogens is 2. The third kappa shape index (κ3) is 3.85. The third-order valence-corrected chi connectivity index (χ3v) is 2.65. The molecule has 1 amide bonds. The Bertz CT molecular complexity index is 370. The topological polar surface area (TPSA) is 64.1 Å². The third-order valence-electron chi connectivity index (χ3n) is 2.65. The number of rotatable bonds is 5. The summed E-state index contributed by atoms with van der Waals surface area (Å²) in [6, 6.07) is -0.0625. The van der Waals surface area contributed by atoms with Gasteiger partial charge in [0.1, 0.15) is 6.54 Å². The van der Waals surface area contributed by atoms with Gasteiger partial charge < -0.3 is 15.2 Å². The van der Waals surface area contributed by atoms with Gasteiger partial charge >= 0.3 is 0 Å². The second-order valence-electron chi connectivity index (χ2n) is 4.97. The van der Waals surface area contributed by atoms with E-state index in [0.717, 1.165) is 12.1 Å². The number of imidazole rings is 1. The molecule has 0 aliphatic rings. The number of carbonyl (C=O) groups is 1. The minimum atomic E-state index is -0.0625. The first-order valence-corrected chi connectivity index (χ1v) is 5.87. The Morgan fingerprint density at radius 3 is 2.71 bits per heavy atom. The molecule has 17 heavy (non-hydrogen) atoms. The van der Waals surface area contributed by atoms with E-state index in [1.54, 1.807) is 31.5 Å². The molecule has 0 bridgehead atoms. The predicted molar refractivity (Wildman–Crippen MR) is 67.3 cm³/mol. The summed E-state index contributed by atoms with van der Waals surface area (Å²) < 4.78 is 1.83. The molecule has 0 radical (unpaired) electrons. The summed E-state index contributed by atoms with van der Waals surface area (Å²) >= 11 is 0.